The molecule has 0 fully saturated rings. The van der Waals surface area contributed by atoms with Crippen molar-refractivity contribution in [3.8, 4) is 0 Å². The molecule has 0 bridgehead atoms. The number of hydrogen-bond donors (Lipinski definition) is 2. The summed E-state index contributed by atoms with van der Waals surface area (Å²) in [5.41, 5.74) is 0. The predicted octanol–water partition coefficient (Wildman–Crippen LogP) is 2.78. The molecule has 0 aliphatic rings. The number of ether oxygens (including phenoxy) is 1. The summed E-state index contributed by atoms with van der Waals surface area (Å²) in [4.78, 5) is 1.26. The molecule has 0 saturated heterocycles. The fourth-order valence-corrected chi connectivity index (χ4v) is 2.79. The molecule has 1 heterocycles. The average molecular weight is 322 g/mol. The predicted molar refractivity (Wildman–Crippen MR) is 75.5 cm³/mol. The molecule has 5 heteroatoms. The Labute approximate surface area is 115 Å². The third-order valence-corrected chi connectivity index (χ3v) is 3.88. The molecule has 0 aliphatic carbocycles. The molecular formula is C12H20BrNO2S. The van der Waals surface area contributed by atoms with Crippen LogP contribution in [0.3, 0.4) is 0 Å². The molecule has 0 spiro atoms. The Morgan fingerprint density at radius 2 is 2.35 bits per heavy atom. The van der Waals surface area contributed by atoms with Crippen molar-refractivity contribution in [1.82, 2.24) is 5.32 Å². The highest BCUT2D eigenvalue weighted by atomic mass is 79.9. The highest BCUT2D eigenvalue weighted by Gasteiger charge is 2.04. The summed E-state index contributed by atoms with van der Waals surface area (Å²) < 4.78 is 6.48. The van der Waals surface area contributed by atoms with Gasteiger partial charge in [-0.1, -0.05) is 13.3 Å². The Morgan fingerprint density at radius 3 is 3.00 bits per heavy atom. The minimum atomic E-state index is -0.421. The Bertz CT molecular complexity index is 306. The third-order valence-electron chi connectivity index (χ3n) is 2.26. The molecule has 0 aliphatic heterocycles. The van der Waals surface area contributed by atoms with Crippen molar-refractivity contribution in [2.45, 2.75) is 32.4 Å². The summed E-state index contributed by atoms with van der Waals surface area (Å²) in [6, 6.07) is 4.11. The fraction of sp³-hybridized carbons (Fsp3) is 0.667. The van der Waals surface area contributed by atoms with Crippen LogP contribution in [-0.4, -0.2) is 31.0 Å². The molecule has 1 aromatic rings. The lowest BCUT2D eigenvalue weighted by Crippen LogP contribution is -2.30. The first-order valence-corrected chi connectivity index (χ1v) is 7.54. The first kappa shape index (κ1) is 15.1. The second kappa shape index (κ2) is 9.05. The van der Waals surface area contributed by atoms with Gasteiger partial charge < -0.3 is 15.2 Å². The molecule has 3 nitrogen and oxygen atoms in total. The van der Waals surface area contributed by atoms with E-state index in [0.717, 1.165) is 29.8 Å². The maximum Gasteiger partial charge on any atom is 0.0897 e. The zero-order valence-electron chi connectivity index (χ0n) is 10.1. The van der Waals surface area contributed by atoms with Gasteiger partial charge in [0, 0.05) is 24.6 Å². The van der Waals surface area contributed by atoms with E-state index in [1.165, 1.54) is 4.88 Å². The fourth-order valence-electron chi connectivity index (χ4n) is 1.33. The Balaban J connectivity index is 2.02. The van der Waals surface area contributed by atoms with Crippen LogP contribution in [0.25, 0.3) is 0 Å². The summed E-state index contributed by atoms with van der Waals surface area (Å²) in [5.74, 6) is 0. The number of hydrogen-bond acceptors (Lipinski definition) is 4. The van der Waals surface area contributed by atoms with Crippen LogP contribution < -0.4 is 5.32 Å². The van der Waals surface area contributed by atoms with Crippen molar-refractivity contribution >= 4 is 27.3 Å². The lowest BCUT2D eigenvalue weighted by Gasteiger charge is -2.11. The van der Waals surface area contributed by atoms with E-state index in [1.54, 1.807) is 11.3 Å². The van der Waals surface area contributed by atoms with E-state index < -0.39 is 6.10 Å². The minimum Gasteiger partial charge on any atom is -0.389 e. The van der Waals surface area contributed by atoms with Crippen LogP contribution in [0.15, 0.2) is 15.9 Å². The Morgan fingerprint density at radius 1 is 1.53 bits per heavy atom. The lowest BCUT2D eigenvalue weighted by molar-refractivity contribution is 0.0358. The highest BCUT2D eigenvalue weighted by molar-refractivity contribution is 9.11. The van der Waals surface area contributed by atoms with Gasteiger partial charge in [-0.05, 0) is 34.5 Å². The van der Waals surface area contributed by atoms with Crippen molar-refractivity contribution in [3.05, 3.63) is 20.8 Å². The summed E-state index contributed by atoms with van der Waals surface area (Å²) in [6.45, 7) is 4.65. The minimum absolute atomic E-state index is 0.418. The number of nitrogens with one attached hydrogen (secondary N) is 1. The highest BCUT2D eigenvalue weighted by Crippen LogP contribution is 2.21. The zero-order chi connectivity index (χ0) is 12.5. The van der Waals surface area contributed by atoms with Crippen LogP contribution in [0.1, 0.15) is 24.6 Å². The van der Waals surface area contributed by atoms with Crippen LogP contribution in [-0.2, 0) is 11.3 Å². The van der Waals surface area contributed by atoms with Gasteiger partial charge in [0.25, 0.3) is 0 Å². The van der Waals surface area contributed by atoms with Gasteiger partial charge in [0.1, 0.15) is 0 Å². The molecule has 98 valence electrons. The van der Waals surface area contributed by atoms with Crippen LogP contribution in [0, 0.1) is 0 Å². The van der Waals surface area contributed by atoms with Crippen LogP contribution in [0.4, 0.5) is 0 Å². The van der Waals surface area contributed by atoms with E-state index in [1.807, 2.05) is 6.07 Å². The number of aliphatic hydroxyl groups excluding tert-OH is 1. The van der Waals surface area contributed by atoms with Crippen molar-refractivity contribution < 1.29 is 9.84 Å². The van der Waals surface area contributed by atoms with Gasteiger partial charge in [0.15, 0.2) is 0 Å². The summed E-state index contributed by atoms with van der Waals surface area (Å²) in [5, 5.41) is 12.9. The van der Waals surface area contributed by atoms with Crippen molar-refractivity contribution in [2.75, 3.05) is 19.8 Å². The zero-order valence-corrected chi connectivity index (χ0v) is 12.5. The first-order valence-electron chi connectivity index (χ1n) is 5.93. The quantitative estimate of drug-likeness (QED) is 0.687. The summed E-state index contributed by atoms with van der Waals surface area (Å²) in [6.07, 6.45) is 1.76. The third kappa shape index (κ3) is 7.16. The molecule has 1 atom stereocenters. The number of rotatable bonds is 9. The van der Waals surface area contributed by atoms with Gasteiger partial charge in [-0.2, -0.15) is 0 Å². The second-order valence-corrected chi connectivity index (χ2v) is 6.47. The molecule has 0 amide bonds. The van der Waals surface area contributed by atoms with E-state index in [4.69, 9.17) is 4.74 Å². The number of halogens is 1. The SMILES string of the molecule is CCCCOCC(O)CNCc1ccc(Br)s1. The van der Waals surface area contributed by atoms with Crippen molar-refractivity contribution in [1.29, 1.82) is 0 Å². The van der Waals surface area contributed by atoms with Crippen molar-refractivity contribution in [2.24, 2.45) is 0 Å². The van der Waals surface area contributed by atoms with Crippen LogP contribution in [0.5, 0.6) is 0 Å². The van der Waals surface area contributed by atoms with Gasteiger partial charge in [-0.25, -0.2) is 0 Å². The molecule has 0 aromatic carbocycles. The average Bonchev–Trinajstić information content (AvgIpc) is 2.71. The Hall–Kier alpha value is 0.0600. The van der Waals surface area contributed by atoms with E-state index in [-0.39, 0.29) is 0 Å². The van der Waals surface area contributed by atoms with Crippen LogP contribution >= 0.6 is 27.3 Å². The van der Waals surface area contributed by atoms with Gasteiger partial charge in [0.2, 0.25) is 0 Å². The second-order valence-electron chi connectivity index (χ2n) is 3.92. The normalized spacial score (nSPS) is 12.9. The van der Waals surface area contributed by atoms with Gasteiger partial charge in [-0.15, -0.1) is 11.3 Å². The van der Waals surface area contributed by atoms with Crippen LogP contribution in [0.2, 0.25) is 0 Å². The molecule has 2 N–H and O–H groups in total. The van der Waals surface area contributed by atoms with Gasteiger partial charge >= 0.3 is 0 Å². The van der Waals surface area contributed by atoms with E-state index in [9.17, 15) is 5.11 Å². The largest absolute Gasteiger partial charge is 0.389 e. The topological polar surface area (TPSA) is 41.5 Å². The smallest absolute Gasteiger partial charge is 0.0897 e. The maximum absolute atomic E-state index is 9.64. The number of aliphatic hydroxyl groups is 1. The van der Waals surface area contributed by atoms with Gasteiger partial charge in [0.05, 0.1) is 16.5 Å². The molecular weight excluding hydrogens is 302 g/mol. The summed E-state index contributed by atoms with van der Waals surface area (Å²) >= 11 is 5.13. The monoisotopic (exact) mass is 321 g/mol. The van der Waals surface area contributed by atoms with E-state index in [0.29, 0.717) is 13.2 Å². The number of thiophene rings is 1. The van der Waals surface area contributed by atoms with Crippen molar-refractivity contribution in [3.63, 3.8) is 0 Å². The molecule has 0 saturated carbocycles. The summed E-state index contributed by atoms with van der Waals surface area (Å²) in [7, 11) is 0. The number of unbranched alkanes of at least 4 members (excludes halogenated alkanes) is 1. The van der Waals surface area contributed by atoms with Gasteiger partial charge in [-0.3, -0.25) is 0 Å². The molecule has 1 aromatic heterocycles. The maximum atomic E-state index is 9.64. The molecule has 0 radical (unpaired) electrons. The lowest BCUT2D eigenvalue weighted by atomic mass is 10.3. The standard InChI is InChI=1S/C12H20BrNO2S/c1-2-3-6-16-9-10(15)7-14-8-11-4-5-12(13)17-11/h4-5,10,14-15H,2-3,6-9H2,1H3. The Kier molecular flexibility index (Phi) is 8.05. The molecule has 1 unspecified atom stereocenters. The van der Waals surface area contributed by atoms with E-state index in [2.05, 4.69) is 34.2 Å². The molecule has 17 heavy (non-hydrogen) atoms. The van der Waals surface area contributed by atoms with E-state index >= 15 is 0 Å². The first-order chi connectivity index (χ1) is 8.22. The molecule has 1 rings (SSSR count).